The van der Waals surface area contributed by atoms with Crippen LogP contribution < -0.4 is 5.73 Å². The number of hydrogen-bond donors (Lipinski definition) is 2. The Morgan fingerprint density at radius 3 is 3.00 bits per heavy atom. The maximum Gasteiger partial charge on any atom is 0.221 e. The number of nitrogens with two attached hydrogens (primary N) is 1. The van der Waals surface area contributed by atoms with Crippen molar-refractivity contribution in [3.63, 3.8) is 0 Å². The summed E-state index contributed by atoms with van der Waals surface area (Å²) in [7, 11) is 0. The van der Waals surface area contributed by atoms with E-state index in [9.17, 15) is 9.90 Å². The summed E-state index contributed by atoms with van der Waals surface area (Å²) in [6.45, 7) is 0. The third-order valence-electron chi connectivity index (χ3n) is 2.05. The van der Waals surface area contributed by atoms with E-state index in [1.54, 1.807) is 24.5 Å². The lowest BCUT2D eigenvalue weighted by Gasteiger charge is -2.00. The lowest BCUT2D eigenvalue weighted by Crippen LogP contribution is -2.10. The van der Waals surface area contributed by atoms with Crippen LogP contribution in [0, 0.1) is 0 Å². The van der Waals surface area contributed by atoms with Crippen LogP contribution in [0.1, 0.15) is 11.6 Å². The van der Waals surface area contributed by atoms with Gasteiger partial charge in [0.1, 0.15) is 5.75 Å². The quantitative estimate of drug-likeness (QED) is 0.786. The Balaban J connectivity index is 2.63. The zero-order valence-corrected chi connectivity index (χ0v) is 8.04. The average Bonchev–Trinajstić information content (AvgIpc) is 2.59. The molecule has 4 heteroatoms. The Bertz CT molecular complexity index is 478. The van der Waals surface area contributed by atoms with Crippen LogP contribution in [0.25, 0.3) is 10.1 Å². The van der Waals surface area contributed by atoms with Crippen molar-refractivity contribution in [2.24, 2.45) is 5.73 Å². The summed E-state index contributed by atoms with van der Waals surface area (Å²) < 4.78 is 0.922. The van der Waals surface area contributed by atoms with Crippen molar-refractivity contribution in [3.05, 3.63) is 29.1 Å². The van der Waals surface area contributed by atoms with Gasteiger partial charge in [-0.05, 0) is 34.5 Å². The number of rotatable bonds is 2. The molecule has 1 heterocycles. The average molecular weight is 206 g/mol. The lowest BCUT2D eigenvalue weighted by atomic mass is 10.1. The van der Waals surface area contributed by atoms with Gasteiger partial charge in [-0.3, -0.25) is 4.79 Å². The molecule has 0 aliphatic heterocycles. The van der Waals surface area contributed by atoms with Gasteiger partial charge >= 0.3 is 0 Å². The third-order valence-corrected chi connectivity index (χ3v) is 3.01. The number of aromatic hydroxyl groups is 1. The van der Waals surface area contributed by atoms with Gasteiger partial charge in [0.05, 0.1) is 6.04 Å². The summed E-state index contributed by atoms with van der Waals surface area (Å²) >= 11 is 1.45. The molecular weight excluding hydrogens is 198 g/mol. The lowest BCUT2D eigenvalue weighted by molar-refractivity contribution is 0.476. The highest BCUT2D eigenvalue weighted by atomic mass is 32.1. The molecule has 71 valence electrons. The number of carbonyl (C=O) groups excluding carboxylic acids is 1. The summed E-state index contributed by atoms with van der Waals surface area (Å²) in [5.74, 6) is 0.217. The molecule has 1 aromatic heterocycles. The van der Waals surface area contributed by atoms with Gasteiger partial charge in [0.15, 0.2) is 0 Å². The van der Waals surface area contributed by atoms with E-state index in [1.165, 1.54) is 11.3 Å². The fraction of sp³-hybridized carbons (Fsp3) is 0.100. The van der Waals surface area contributed by atoms with Gasteiger partial charge in [-0.25, -0.2) is 0 Å². The highest BCUT2D eigenvalue weighted by Crippen LogP contribution is 2.31. The molecule has 1 unspecified atom stereocenters. The van der Waals surface area contributed by atoms with Gasteiger partial charge in [-0.2, -0.15) is 0 Å². The van der Waals surface area contributed by atoms with E-state index in [0.717, 1.165) is 15.6 Å². The number of thiophene rings is 1. The van der Waals surface area contributed by atoms with Crippen molar-refractivity contribution in [1.29, 1.82) is 0 Å². The molecular formula is C10H8NO2S. The van der Waals surface area contributed by atoms with Crippen LogP contribution >= 0.6 is 11.3 Å². The van der Waals surface area contributed by atoms with E-state index in [0.29, 0.717) is 0 Å². The number of benzene rings is 1. The van der Waals surface area contributed by atoms with Crippen molar-refractivity contribution < 1.29 is 9.90 Å². The molecule has 14 heavy (non-hydrogen) atoms. The first kappa shape index (κ1) is 9.18. The molecule has 3 N–H and O–H groups in total. The van der Waals surface area contributed by atoms with Crippen molar-refractivity contribution in [1.82, 2.24) is 0 Å². The van der Waals surface area contributed by atoms with Gasteiger partial charge in [0.2, 0.25) is 6.29 Å². The Morgan fingerprint density at radius 2 is 2.29 bits per heavy atom. The van der Waals surface area contributed by atoms with E-state index in [1.807, 2.05) is 5.38 Å². The van der Waals surface area contributed by atoms with E-state index >= 15 is 0 Å². The minimum Gasteiger partial charge on any atom is -0.508 e. The predicted octanol–water partition coefficient (Wildman–Crippen LogP) is 1.72. The number of hydrogen-bond acceptors (Lipinski definition) is 4. The topological polar surface area (TPSA) is 63.3 Å². The standard InChI is InChI=1S/C10H8NO2S/c11-9(4-12)8-5-14-10-3-6(13)1-2-7(8)10/h1-3,5,9,13H,11H2. The molecule has 0 fully saturated rings. The fourth-order valence-electron chi connectivity index (χ4n) is 1.34. The van der Waals surface area contributed by atoms with Crippen molar-refractivity contribution >= 4 is 27.7 Å². The first-order valence-electron chi connectivity index (χ1n) is 4.05. The van der Waals surface area contributed by atoms with Gasteiger partial charge in [0.25, 0.3) is 0 Å². The van der Waals surface area contributed by atoms with E-state index < -0.39 is 6.04 Å². The van der Waals surface area contributed by atoms with Crippen LogP contribution in [0.5, 0.6) is 5.75 Å². The Labute approximate surface area is 84.8 Å². The molecule has 0 saturated carbocycles. The maximum atomic E-state index is 10.4. The SMILES string of the molecule is NC([C]=O)c1csc2cc(O)ccc12. The van der Waals surface area contributed by atoms with Gasteiger partial charge in [-0.15, -0.1) is 11.3 Å². The fourth-order valence-corrected chi connectivity index (χ4v) is 2.37. The Morgan fingerprint density at radius 1 is 1.50 bits per heavy atom. The Kier molecular flexibility index (Phi) is 2.23. The number of phenolic OH excluding ortho intramolecular Hbond substituents is 1. The minimum absolute atomic E-state index is 0.217. The van der Waals surface area contributed by atoms with E-state index in [2.05, 4.69) is 0 Å². The largest absolute Gasteiger partial charge is 0.508 e. The second kappa shape index (κ2) is 3.40. The molecule has 0 saturated heterocycles. The summed E-state index contributed by atoms with van der Waals surface area (Å²) in [5, 5.41) is 12.0. The van der Waals surface area contributed by atoms with Crippen molar-refractivity contribution in [2.75, 3.05) is 0 Å². The highest BCUT2D eigenvalue weighted by Gasteiger charge is 2.11. The van der Waals surface area contributed by atoms with Gasteiger partial charge < -0.3 is 10.8 Å². The maximum absolute atomic E-state index is 10.4. The summed E-state index contributed by atoms with van der Waals surface area (Å²) in [5.41, 5.74) is 6.33. The molecule has 2 rings (SSSR count). The molecule has 1 aromatic carbocycles. The molecule has 1 radical (unpaired) electrons. The summed E-state index contributed by atoms with van der Waals surface area (Å²) in [6, 6.07) is 4.29. The minimum atomic E-state index is -0.701. The van der Waals surface area contributed by atoms with Crippen molar-refractivity contribution in [3.8, 4) is 5.75 Å². The van der Waals surface area contributed by atoms with E-state index in [4.69, 9.17) is 5.73 Å². The second-order valence-corrected chi connectivity index (χ2v) is 3.88. The van der Waals surface area contributed by atoms with Crippen LogP contribution in [0.3, 0.4) is 0 Å². The van der Waals surface area contributed by atoms with Crippen LogP contribution in [0.4, 0.5) is 0 Å². The summed E-state index contributed by atoms with van der Waals surface area (Å²) in [4.78, 5) is 10.4. The molecule has 0 spiro atoms. The van der Waals surface area contributed by atoms with Crippen LogP contribution in [-0.4, -0.2) is 11.4 Å². The van der Waals surface area contributed by atoms with Gasteiger partial charge in [0, 0.05) is 4.70 Å². The number of fused-ring (bicyclic) bond motifs is 1. The molecule has 0 amide bonds. The molecule has 1 atom stereocenters. The first-order valence-corrected chi connectivity index (χ1v) is 4.93. The summed E-state index contributed by atoms with van der Waals surface area (Å²) in [6.07, 6.45) is 1.75. The predicted molar refractivity (Wildman–Crippen MR) is 56.1 cm³/mol. The smallest absolute Gasteiger partial charge is 0.221 e. The van der Waals surface area contributed by atoms with Crippen LogP contribution in [-0.2, 0) is 4.79 Å². The number of phenols is 1. The van der Waals surface area contributed by atoms with Crippen LogP contribution in [0.15, 0.2) is 23.6 Å². The molecule has 0 aliphatic carbocycles. The monoisotopic (exact) mass is 206 g/mol. The molecule has 2 aromatic rings. The first-order chi connectivity index (χ1) is 6.72. The third kappa shape index (κ3) is 1.38. The van der Waals surface area contributed by atoms with E-state index in [-0.39, 0.29) is 5.75 Å². The van der Waals surface area contributed by atoms with Crippen molar-refractivity contribution in [2.45, 2.75) is 6.04 Å². The second-order valence-electron chi connectivity index (χ2n) is 2.97. The highest BCUT2D eigenvalue weighted by molar-refractivity contribution is 7.17. The molecule has 0 aliphatic rings. The van der Waals surface area contributed by atoms with Gasteiger partial charge in [-0.1, -0.05) is 0 Å². The zero-order chi connectivity index (χ0) is 10.1. The zero-order valence-electron chi connectivity index (χ0n) is 7.23. The van der Waals surface area contributed by atoms with Crippen LogP contribution in [0.2, 0.25) is 0 Å². The Hall–Kier alpha value is -1.39. The molecule has 3 nitrogen and oxygen atoms in total. The normalized spacial score (nSPS) is 12.9. The molecule has 0 bridgehead atoms.